The fraction of sp³-hybridized carbons (Fsp3) is 0.0909. The number of benzene rings is 20. The third kappa shape index (κ3) is 11.8. The lowest BCUT2D eigenvalue weighted by atomic mass is 9.70. The second-order valence-electron chi connectivity index (χ2n) is 39.3. The molecule has 0 saturated heterocycles. The molecule has 0 saturated carbocycles. The Balaban J connectivity index is 0.0000000928. The van der Waals surface area contributed by atoms with Gasteiger partial charge in [-0.2, -0.15) is 0 Å². The van der Waals surface area contributed by atoms with Crippen molar-refractivity contribution < 1.29 is 0 Å². The van der Waals surface area contributed by atoms with E-state index in [1.807, 2.05) is 45.3 Å². The van der Waals surface area contributed by atoms with Crippen LogP contribution in [0.5, 0.6) is 0 Å². The van der Waals surface area contributed by atoms with Gasteiger partial charge < -0.3 is 0 Å². The Labute approximate surface area is 809 Å². The first-order chi connectivity index (χ1) is 66.6. The summed E-state index contributed by atoms with van der Waals surface area (Å²) in [7, 11) is 0. The van der Waals surface area contributed by atoms with E-state index in [1.54, 1.807) is 0 Å². The van der Waals surface area contributed by atoms with Gasteiger partial charge in [-0.25, -0.2) is 0 Å². The van der Waals surface area contributed by atoms with E-state index in [0.717, 1.165) is 0 Å². The zero-order valence-electron chi connectivity index (χ0n) is 76.9. The van der Waals surface area contributed by atoms with Crippen LogP contribution in [0.25, 0.3) is 192 Å². The van der Waals surface area contributed by atoms with Crippen LogP contribution in [0.1, 0.15) is 117 Å². The Morgan fingerprint density at radius 2 is 0.426 bits per heavy atom. The minimum absolute atomic E-state index is 0.0336. The zero-order valence-corrected chi connectivity index (χ0v) is 80.2. The van der Waals surface area contributed by atoms with Crippen LogP contribution in [-0.2, 0) is 21.7 Å². The second-order valence-corrected chi connectivity index (χ2v) is 43.6. The highest BCUT2D eigenvalue weighted by molar-refractivity contribution is 7.27. The monoisotopic (exact) mass is 1800 g/mol. The zero-order chi connectivity index (χ0) is 90.9. The maximum absolute atomic E-state index is 2.50. The number of hydrogen-bond donors (Lipinski definition) is 0. The number of rotatable bonds is 4. The molecule has 1 atom stereocenters. The van der Waals surface area contributed by atoms with Gasteiger partial charge in [-0.3, -0.25) is 0 Å². The van der Waals surface area contributed by atoms with Crippen molar-refractivity contribution in [2.24, 2.45) is 0 Å². The van der Waals surface area contributed by atoms with Gasteiger partial charge in [0.15, 0.2) is 0 Å². The Kier molecular flexibility index (Phi) is 18.1. The summed E-state index contributed by atoms with van der Waals surface area (Å²) >= 11 is 7.54. The van der Waals surface area contributed by atoms with Crippen LogP contribution in [0.3, 0.4) is 0 Å². The molecule has 4 heteroatoms. The molecule has 6 aliphatic rings. The topological polar surface area (TPSA) is 0 Å². The van der Waals surface area contributed by atoms with Crippen molar-refractivity contribution in [2.45, 2.75) is 77.0 Å². The Morgan fingerprint density at radius 1 is 0.162 bits per heavy atom. The first-order valence-electron chi connectivity index (χ1n) is 47.6. The highest BCUT2D eigenvalue weighted by Gasteiger charge is 2.54. The fourth-order valence-electron chi connectivity index (χ4n) is 24.8. The van der Waals surface area contributed by atoms with Crippen LogP contribution in [0, 0.1) is 27.7 Å². The summed E-state index contributed by atoms with van der Waals surface area (Å²) in [6.45, 7) is 18.3. The van der Waals surface area contributed by atoms with Crippen LogP contribution in [-0.4, -0.2) is 0 Å². The largest absolute Gasteiger partial charge is 0.135 e. The maximum Gasteiger partial charge on any atom is 0.0725 e. The summed E-state index contributed by atoms with van der Waals surface area (Å²) < 4.78 is 10.9. The number of aryl methyl sites for hydroxylation is 4. The molecule has 136 heavy (non-hydrogen) atoms. The smallest absolute Gasteiger partial charge is 0.0725 e. The van der Waals surface area contributed by atoms with Gasteiger partial charge in [-0.05, 0) is 302 Å². The summed E-state index contributed by atoms with van der Waals surface area (Å²) in [5.74, 6) is 0. The number of fused-ring (bicyclic) bond motifs is 38. The van der Waals surface area contributed by atoms with Crippen molar-refractivity contribution in [3.63, 3.8) is 0 Å². The van der Waals surface area contributed by atoms with Gasteiger partial charge in [0.2, 0.25) is 0 Å². The van der Waals surface area contributed by atoms with Crippen molar-refractivity contribution in [3.8, 4) is 111 Å². The standard InChI is InChI=1S/2C38H24S.2C28H22S/c1-23-10-8-18-33-36(23)30-13-3-6-17-32(30)38(33)31-16-5-2-11-26(31)27-21-20-24(22-34(27)38)25-14-9-15-29-28-12-4-7-19-35(28)39-37(25)29;1-23-14-17-28-29-18-15-25(24-16-19-37-31(21-24)30-10-4-7-13-36(30)39-37)22-35(29)38(34(28)20-23)32-11-5-2-8-26(32)27-9-3-6-12-33(27)38;1-17-7-6-9-23-27(17)21-13-11-19(16-24(21)28(23,2)3)18-12-14-26-22(15-18)20-8-4-5-10-25(20)29-26;1-17-8-11-20-21-12-9-19(16-25(21)28(2,3)24(20)14-17)18-10-13-27-23(15-18)22-6-4-5-7-26(22)29-27/h2*2-22H,1H3;2*4-16H,1-3H3. The molecule has 0 nitrogen and oxygen atoms in total. The van der Waals surface area contributed by atoms with Crippen LogP contribution < -0.4 is 0 Å². The average molecular weight is 1810 g/mol. The van der Waals surface area contributed by atoms with Crippen molar-refractivity contribution in [2.75, 3.05) is 0 Å². The van der Waals surface area contributed by atoms with Gasteiger partial charge in [0.1, 0.15) is 0 Å². The highest BCUT2D eigenvalue weighted by Crippen LogP contribution is 2.67. The molecule has 0 amide bonds. The molecular formula is C132H92S4. The van der Waals surface area contributed by atoms with Gasteiger partial charge in [0, 0.05) is 91.5 Å². The van der Waals surface area contributed by atoms with Crippen molar-refractivity contribution in [1.82, 2.24) is 0 Å². The molecule has 0 bridgehead atoms. The summed E-state index contributed by atoms with van der Waals surface area (Å²) in [5.41, 5.74) is 48.6. The van der Waals surface area contributed by atoms with Crippen molar-refractivity contribution >= 4 is 126 Å². The minimum Gasteiger partial charge on any atom is -0.135 e. The molecule has 0 aliphatic heterocycles. The van der Waals surface area contributed by atoms with Crippen LogP contribution >= 0.6 is 45.3 Å². The van der Waals surface area contributed by atoms with Gasteiger partial charge >= 0.3 is 0 Å². The van der Waals surface area contributed by atoms with Gasteiger partial charge in [-0.15, -0.1) is 45.3 Å². The van der Waals surface area contributed by atoms with E-state index < -0.39 is 0 Å². The normalized spacial score (nSPS) is 14.8. The summed E-state index contributed by atoms with van der Waals surface area (Å²) in [6.07, 6.45) is 0. The van der Waals surface area contributed by atoms with E-state index in [-0.39, 0.29) is 21.7 Å². The molecule has 2 spiro atoms. The summed E-state index contributed by atoms with van der Waals surface area (Å²) in [4.78, 5) is 0. The molecule has 0 radical (unpaired) electrons. The second kappa shape index (κ2) is 30.4. The van der Waals surface area contributed by atoms with Gasteiger partial charge in [0.25, 0.3) is 0 Å². The van der Waals surface area contributed by atoms with E-state index in [0.29, 0.717) is 0 Å². The molecule has 644 valence electrons. The number of thiophene rings is 4. The highest BCUT2D eigenvalue weighted by atomic mass is 32.1. The molecule has 6 aliphatic carbocycles. The molecule has 24 aromatic rings. The Bertz CT molecular complexity index is 9190. The fourth-order valence-corrected chi connectivity index (χ4v) is 29.3. The van der Waals surface area contributed by atoms with Crippen LogP contribution in [0.2, 0.25) is 0 Å². The molecule has 20 aromatic carbocycles. The van der Waals surface area contributed by atoms with Crippen LogP contribution in [0.15, 0.2) is 413 Å². The van der Waals surface area contributed by atoms with Crippen molar-refractivity contribution in [1.29, 1.82) is 0 Å². The molecule has 4 aromatic heterocycles. The molecule has 1 unspecified atom stereocenters. The quantitative estimate of drug-likeness (QED) is 0.165. The third-order valence-electron chi connectivity index (χ3n) is 31.2. The lowest BCUT2D eigenvalue weighted by Crippen LogP contribution is -2.26. The predicted octanol–water partition coefficient (Wildman–Crippen LogP) is 37.4. The Hall–Kier alpha value is -14.7. The van der Waals surface area contributed by atoms with E-state index >= 15 is 0 Å². The third-order valence-corrected chi connectivity index (χ3v) is 35.8. The van der Waals surface area contributed by atoms with Gasteiger partial charge in [-0.1, -0.05) is 366 Å². The van der Waals surface area contributed by atoms with E-state index in [4.69, 9.17) is 0 Å². The van der Waals surface area contributed by atoms with Crippen LogP contribution in [0.4, 0.5) is 0 Å². The van der Waals surface area contributed by atoms with E-state index in [9.17, 15) is 0 Å². The molecular weight excluding hydrogens is 1710 g/mol. The Morgan fingerprint density at radius 3 is 0.912 bits per heavy atom. The van der Waals surface area contributed by atoms with E-state index in [2.05, 4.69) is 468 Å². The lowest BCUT2D eigenvalue weighted by Gasteiger charge is -2.31. The SMILES string of the molecule is Cc1ccc2c(c1)C(C)(C)c1cc(-c3ccc4sc5ccccc5c4c3)ccc1-2.Cc1ccc2c(c1)C1(c3ccccc3-c3ccccc31)c1cc(-c3ccc4sc5ccccc5c4c3)ccc1-2.Cc1cccc2c1-c1ccc(-c3ccc4sc5ccccc5c4c3)cc1C2(C)C.Cc1cccc2c1-c1ccccc1C21c2ccccc2-c2ccc(-c3cccc4c3sc3ccccc34)cc21. The average Bonchev–Trinajstić information content (AvgIpc) is 1.51. The first kappa shape index (κ1) is 80.9. The predicted molar refractivity (Wildman–Crippen MR) is 586 cm³/mol. The summed E-state index contributed by atoms with van der Waals surface area (Å²) in [6, 6.07) is 155. The van der Waals surface area contributed by atoms with Crippen molar-refractivity contribution in [3.05, 3.63) is 502 Å². The first-order valence-corrected chi connectivity index (χ1v) is 50.9. The van der Waals surface area contributed by atoms with E-state index in [1.165, 1.54) is 281 Å². The maximum atomic E-state index is 2.50. The van der Waals surface area contributed by atoms with Gasteiger partial charge in [0.05, 0.1) is 10.8 Å². The number of hydrogen-bond acceptors (Lipinski definition) is 4. The lowest BCUT2D eigenvalue weighted by molar-refractivity contribution is 0.660. The molecule has 0 N–H and O–H groups in total. The minimum atomic E-state index is -0.312. The molecule has 0 fully saturated rings. The molecule has 4 heterocycles. The molecule has 30 rings (SSSR count). The summed E-state index contributed by atoms with van der Waals surface area (Å²) in [5, 5.41) is 10.8.